The third-order valence-corrected chi connectivity index (χ3v) is 4.05. The van der Waals surface area contributed by atoms with E-state index in [1.165, 1.54) is 17.5 Å². The summed E-state index contributed by atoms with van der Waals surface area (Å²) >= 11 is 1.28. The number of thiophene rings is 1. The van der Waals surface area contributed by atoms with Gasteiger partial charge in [0.1, 0.15) is 10.6 Å². The summed E-state index contributed by atoms with van der Waals surface area (Å²) < 4.78 is 1.74. The molecule has 1 aliphatic rings. The van der Waals surface area contributed by atoms with Gasteiger partial charge in [-0.05, 0) is 18.9 Å². The van der Waals surface area contributed by atoms with Gasteiger partial charge in [-0.25, -0.2) is 4.79 Å². The Morgan fingerprint density at radius 2 is 2.35 bits per heavy atom. The first-order valence-corrected chi connectivity index (χ1v) is 6.09. The van der Waals surface area contributed by atoms with E-state index in [0.717, 1.165) is 29.8 Å². The Morgan fingerprint density at radius 3 is 3.12 bits per heavy atom. The molecule has 0 saturated carbocycles. The lowest BCUT2D eigenvalue weighted by molar-refractivity contribution is 0.0702. The fraction of sp³-hybridized carbons (Fsp3) is 0.273. The van der Waals surface area contributed by atoms with Gasteiger partial charge in [0.25, 0.3) is 0 Å². The second kappa shape index (κ2) is 3.59. The van der Waals surface area contributed by atoms with Crippen LogP contribution >= 0.6 is 11.3 Å². The molecule has 0 spiro atoms. The number of nitrogens with zero attached hydrogens (tertiary/aromatic N) is 2. The van der Waals surface area contributed by atoms with Crippen LogP contribution < -0.4 is 0 Å². The van der Waals surface area contributed by atoms with Crippen LogP contribution in [0.2, 0.25) is 0 Å². The quantitative estimate of drug-likeness (QED) is 0.811. The molecule has 0 saturated heterocycles. The molecule has 17 heavy (non-hydrogen) atoms. The second-order valence-electron chi connectivity index (χ2n) is 3.96. The van der Waals surface area contributed by atoms with Crippen molar-refractivity contribution in [2.24, 2.45) is 0 Å². The Labute approximate surface area is 101 Å². The number of aryl methyl sites for hydroxylation is 2. The van der Waals surface area contributed by atoms with Crippen molar-refractivity contribution >= 4 is 17.3 Å². The van der Waals surface area contributed by atoms with Gasteiger partial charge in [-0.1, -0.05) is 0 Å². The molecule has 2 N–H and O–H groups in total. The van der Waals surface area contributed by atoms with Gasteiger partial charge in [-0.3, -0.25) is 4.68 Å². The summed E-state index contributed by atoms with van der Waals surface area (Å²) in [6, 6.07) is 1.63. The molecule has 3 rings (SSSR count). The van der Waals surface area contributed by atoms with Gasteiger partial charge in [0.05, 0.1) is 6.20 Å². The van der Waals surface area contributed by atoms with Gasteiger partial charge in [-0.15, -0.1) is 11.3 Å². The van der Waals surface area contributed by atoms with E-state index < -0.39 is 5.97 Å². The first kappa shape index (κ1) is 10.3. The molecular weight excluding hydrogens is 240 g/mol. The highest BCUT2D eigenvalue weighted by molar-refractivity contribution is 7.14. The van der Waals surface area contributed by atoms with Gasteiger partial charge in [0.2, 0.25) is 0 Å². The fourth-order valence-electron chi connectivity index (χ4n) is 2.13. The van der Waals surface area contributed by atoms with Crippen LogP contribution in [-0.2, 0) is 13.0 Å². The lowest BCUT2D eigenvalue weighted by Gasteiger charge is -2.01. The van der Waals surface area contributed by atoms with Crippen LogP contribution in [0.3, 0.4) is 0 Å². The van der Waals surface area contributed by atoms with Crippen molar-refractivity contribution in [3.05, 3.63) is 22.0 Å². The molecule has 2 aromatic rings. The predicted octanol–water partition coefficient (Wildman–Crippen LogP) is 1.96. The first-order valence-electron chi connectivity index (χ1n) is 5.28. The lowest BCUT2D eigenvalue weighted by atomic mass is 10.1. The Kier molecular flexibility index (Phi) is 2.19. The number of carboxylic acid groups (broad SMARTS) is 1. The topological polar surface area (TPSA) is 75.3 Å². The summed E-state index contributed by atoms with van der Waals surface area (Å²) in [6.07, 6.45) is 3.14. The average molecular weight is 250 g/mol. The molecule has 0 aliphatic carbocycles. The lowest BCUT2D eigenvalue weighted by Crippen LogP contribution is -2.00. The van der Waals surface area contributed by atoms with E-state index in [4.69, 9.17) is 5.11 Å². The Hall–Kier alpha value is -1.82. The maximum Gasteiger partial charge on any atom is 0.345 e. The molecule has 0 bridgehead atoms. The van der Waals surface area contributed by atoms with E-state index in [1.807, 2.05) is 0 Å². The molecule has 88 valence electrons. The van der Waals surface area contributed by atoms with Crippen LogP contribution in [0.5, 0.6) is 5.75 Å². The molecule has 0 radical (unpaired) electrons. The molecule has 0 amide bonds. The normalized spacial score (nSPS) is 13.9. The highest BCUT2D eigenvalue weighted by Crippen LogP contribution is 2.39. The third kappa shape index (κ3) is 1.52. The number of aromatic hydroxyl groups is 1. The van der Waals surface area contributed by atoms with Crippen molar-refractivity contribution in [3.8, 4) is 17.0 Å². The van der Waals surface area contributed by atoms with Crippen LogP contribution in [0.4, 0.5) is 0 Å². The van der Waals surface area contributed by atoms with Crippen molar-refractivity contribution in [2.45, 2.75) is 19.4 Å². The number of carboxylic acids is 1. The van der Waals surface area contributed by atoms with Crippen molar-refractivity contribution < 1.29 is 15.0 Å². The average Bonchev–Trinajstić information content (AvgIpc) is 2.80. The van der Waals surface area contributed by atoms with Crippen LogP contribution in [0, 0.1) is 0 Å². The number of hydrogen-bond donors (Lipinski definition) is 2. The number of carbonyl (C=O) groups is 1. The minimum atomic E-state index is -0.923. The highest BCUT2D eigenvalue weighted by Gasteiger charge is 2.23. The summed E-state index contributed by atoms with van der Waals surface area (Å²) in [5.74, 6) is -0.809. The van der Waals surface area contributed by atoms with E-state index in [0.29, 0.717) is 10.6 Å². The predicted molar refractivity (Wildman–Crippen MR) is 62.5 cm³/mol. The van der Waals surface area contributed by atoms with Crippen LogP contribution in [0.15, 0.2) is 12.3 Å². The SMILES string of the molecule is O=C(O)c1cc2c(s1)CCCn1ncc(O)c1-2. The zero-order valence-electron chi connectivity index (χ0n) is 8.88. The van der Waals surface area contributed by atoms with Crippen molar-refractivity contribution in [1.29, 1.82) is 0 Å². The fourth-order valence-corrected chi connectivity index (χ4v) is 3.17. The molecule has 1 aliphatic heterocycles. The molecule has 3 heterocycles. The van der Waals surface area contributed by atoms with E-state index in [-0.39, 0.29) is 5.75 Å². The third-order valence-electron chi connectivity index (χ3n) is 2.87. The maximum atomic E-state index is 11.0. The number of aromatic carboxylic acids is 1. The van der Waals surface area contributed by atoms with Crippen LogP contribution in [0.25, 0.3) is 11.3 Å². The Bertz CT molecular complexity index is 600. The van der Waals surface area contributed by atoms with E-state index in [2.05, 4.69) is 5.10 Å². The van der Waals surface area contributed by atoms with Gasteiger partial charge in [-0.2, -0.15) is 5.10 Å². The zero-order chi connectivity index (χ0) is 12.0. The zero-order valence-corrected chi connectivity index (χ0v) is 9.70. The maximum absolute atomic E-state index is 11.0. The van der Waals surface area contributed by atoms with Crippen LogP contribution in [-0.4, -0.2) is 26.0 Å². The van der Waals surface area contributed by atoms with Crippen LogP contribution in [0.1, 0.15) is 21.0 Å². The number of rotatable bonds is 1. The number of aromatic nitrogens is 2. The Balaban J connectivity index is 2.23. The van der Waals surface area contributed by atoms with E-state index in [1.54, 1.807) is 10.7 Å². The summed E-state index contributed by atoms with van der Waals surface area (Å²) in [6.45, 7) is 0.750. The molecular formula is C11H10N2O3S. The van der Waals surface area contributed by atoms with Gasteiger partial charge in [0.15, 0.2) is 5.75 Å². The van der Waals surface area contributed by atoms with E-state index >= 15 is 0 Å². The van der Waals surface area contributed by atoms with E-state index in [9.17, 15) is 9.90 Å². The number of fused-ring (bicyclic) bond motifs is 3. The van der Waals surface area contributed by atoms with Gasteiger partial charge in [0, 0.05) is 17.0 Å². The van der Waals surface area contributed by atoms with Gasteiger partial charge >= 0.3 is 5.97 Å². The van der Waals surface area contributed by atoms with Gasteiger partial charge < -0.3 is 10.2 Å². The molecule has 2 aromatic heterocycles. The van der Waals surface area contributed by atoms with Crippen molar-refractivity contribution in [2.75, 3.05) is 0 Å². The summed E-state index contributed by atoms with van der Waals surface area (Å²) in [4.78, 5) is 12.3. The molecule has 0 aromatic carbocycles. The molecule has 5 nitrogen and oxygen atoms in total. The molecule has 0 fully saturated rings. The second-order valence-corrected chi connectivity index (χ2v) is 5.09. The summed E-state index contributed by atoms with van der Waals surface area (Å²) in [5.41, 5.74) is 1.45. The number of hydrogen-bond acceptors (Lipinski definition) is 4. The monoisotopic (exact) mass is 250 g/mol. The minimum Gasteiger partial charge on any atom is -0.504 e. The summed E-state index contributed by atoms with van der Waals surface area (Å²) in [5, 5.41) is 22.9. The minimum absolute atomic E-state index is 0.114. The largest absolute Gasteiger partial charge is 0.504 e. The van der Waals surface area contributed by atoms with Crippen molar-refractivity contribution in [1.82, 2.24) is 9.78 Å². The summed E-state index contributed by atoms with van der Waals surface area (Å²) in [7, 11) is 0. The first-order chi connectivity index (χ1) is 8.16. The smallest absolute Gasteiger partial charge is 0.345 e. The molecule has 6 heteroatoms. The molecule has 0 atom stereocenters. The highest BCUT2D eigenvalue weighted by atomic mass is 32.1. The standard InChI is InChI=1S/C11H10N2O3S/c14-7-5-12-13-3-1-2-8-6(10(7)13)4-9(17-8)11(15)16/h4-5,14H,1-3H2,(H,15,16). The Morgan fingerprint density at radius 1 is 1.53 bits per heavy atom. The van der Waals surface area contributed by atoms with Crippen molar-refractivity contribution in [3.63, 3.8) is 0 Å². The molecule has 0 unspecified atom stereocenters.